The molecule has 0 radical (unpaired) electrons. The highest BCUT2D eigenvalue weighted by atomic mass is 35.5. The van der Waals surface area contributed by atoms with Gasteiger partial charge in [0.25, 0.3) is 5.91 Å². The zero-order valence-electron chi connectivity index (χ0n) is 16.5. The van der Waals surface area contributed by atoms with Gasteiger partial charge in [-0.1, -0.05) is 48.0 Å². The summed E-state index contributed by atoms with van der Waals surface area (Å²) in [6, 6.07) is 17.6. The Bertz CT molecular complexity index is 1230. The van der Waals surface area contributed by atoms with E-state index in [0.717, 1.165) is 11.1 Å². The highest BCUT2D eigenvalue weighted by molar-refractivity contribution is 7.89. The van der Waals surface area contributed by atoms with Crippen molar-refractivity contribution in [2.24, 2.45) is 0 Å². The third-order valence-electron chi connectivity index (χ3n) is 5.28. The summed E-state index contributed by atoms with van der Waals surface area (Å²) in [6.45, 7) is 0.816. The third-order valence-corrected chi connectivity index (χ3v) is 7.45. The number of halogens is 2. The summed E-state index contributed by atoms with van der Waals surface area (Å²) >= 11 is 6.18. The van der Waals surface area contributed by atoms with Crippen molar-refractivity contribution in [2.75, 3.05) is 6.54 Å². The van der Waals surface area contributed by atoms with Gasteiger partial charge in [-0.2, -0.15) is 4.31 Å². The summed E-state index contributed by atoms with van der Waals surface area (Å²) in [5.41, 5.74) is 2.90. The predicted octanol–water partition coefficient (Wildman–Crippen LogP) is 4.16. The summed E-state index contributed by atoms with van der Waals surface area (Å²) in [5, 5.41) is 2.84. The van der Waals surface area contributed by atoms with Crippen LogP contribution in [-0.4, -0.2) is 25.2 Å². The first-order valence-electron chi connectivity index (χ1n) is 9.74. The number of carbonyl (C=O) groups is 1. The average molecular weight is 459 g/mol. The molecule has 1 aliphatic rings. The Hall–Kier alpha value is -2.74. The molecule has 0 unspecified atom stereocenters. The number of hydrogen-bond acceptors (Lipinski definition) is 3. The number of rotatable bonds is 5. The fourth-order valence-electron chi connectivity index (χ4n) is 3.54. The van der Waals surface area contributed by atoms with Crippen molar-refractivity contribution in [2.45, 2.75) is 24.4 Å². The number of amides is 1. The maximum Gasteiger partial charge on any atom is 0.253 e. The molecule has 1 aliphatic heterocycles. The van der Waals surface area contributed by atoms with E-state index in [2.05, 4.69) is 5.32 Å². The number of hydrogen-bond donors (Lipinski definition) is 1. The first kappa shape index (κ1) is 21.5. The zero-order valence-corrected chi connectivity index (χ0v) is 18.1. The lowest BCUT2D eigenvalue weighted by Gasteiger charge is -2.28. The van der Waals surface area contributed by atoms with Crippen LogP contribution in [0.3, 0.4) is 0 Å². The van der Waals surface area contributed by atoms with E-state index in [4.69, 9.17) is 11.6 Å². The minimum atomic E-state index is -3.80. The molecule has 0 aromatic heterocycles. The second-order valence-electron chi connectivity index (χ2n) is 7.31. The van der Waals surface area contributed by atoms with E-state index in [0.29, 0.717) is 18.5 Å². The van der Waals surface area contributed by atoms with Crippen molar-refractivity contribution in [3.8, 4) is 0 Å². The Morgan fingerprint density at radius 3 is 2.48 bits per heavy atom. The fourth-order valence-corrected chi connectivity index (χ4v) is 5.19. The molecule has 0 bridgehead atoms. The Morgan fingerprint density at radius 1 is 1.03 bits per heavy atom. The molecule has 3 aromatic carbocycles. The molecule has 0 spiro atoms. The van der Waals surface area contributed by atoms with Gasteiger partial charge in [0.1, 0.15) is 5.82 Å². The van der Waals surface area contributed by atoms with Crippen LogP contribution in [-0.2, 0) is 29.5 Å². The van der Waals surface area contributed by atoms with Crippen LogP contribution in [0.25, 0.3) is 0 Å². The van der Waals surface area contributed by atoms with Crippen LogP contribution in [0.1, 0.15) is 27.0 Å². The summed E-state index contributed by atoms with van der Waals surface area (Å²) in [7, 11) is -3.80. The smallest absolute Gasteiger partial charge is 0.253 e. The Kier molecular flexibility index (Phi) is 6.09. The highest BCUT2D eigenvalue weighted by Gasteiger charge is 2.29. The Balaban J connectivity index is 1.54. The minimum Gasteiger partial charge on any atom is -0.348 e. The monoisotopic (exact) mass is 458 g/mol. The van der Waals surface area contributed by atoms with Crippen molar-refractivity contribution >= 4 is 27.5 Å². The normalized spacial score (nSPS) is 14.1. The molecule has 4 rings (SSSR count). The van der Waals surface area contributed by atoms with Gasteiger partial charge < -0.3 is 5.32 Å². The first-order valence-corrected chi connectivity index (χ1v) is 11.6. The van der Waals surface area contributed by atoms with Crippen LogP contribution in [0, 0.1) is 5.82 Å². The maximum absolute atomic E-state index is 13.2. The largest absolute Gasteiger partial charge is 0.348 e. The van der Waals surface area contributed by atoms with Gasteiger partial charge in [0.05, 0.1) is 15.5 Å². The van der Waals surface area contributed by atoms with E-state index in [1.165, 1.54) is 34.6 Å². The number of sulfonamides is 1. The quantitative estimate of drug-likeness (QED) is 0.624. The molecule has 0 aliphatic carbocycles. The molecule has 8 heteroatoms. The SMILES string of the molecule is O=C(NCc1ccc(F)cc1)c1cc(S(=O)(=O)N2CCc3ccccc3C2)ccc1Cl. The third kappa shape index (κ3) is 4.63. The van der Waals surface area contributed by atoms with Crippen LogP contribution in [0.5, 0.6) is 0 Å². The fraction of sp³-hybridized carbons (Fsp3) is 0.174. The summed E-state index contributed by atoms with van der Waals surface area (Å²) in [4.78, 5) is 12.7. The molecule has 31 heavy (non-hydrogen) atoms. The van der Waals surface area contributed by atoms with Crippen molar-refractivity contribution in [3.63, 3.8) is 0 Å². The van der Waals surface area contributed by atoms with Gasteiger partial charge in [-0.05, 0) is 53.4 Å². The molecule has 3 aromatic rings. The van der Waals surface area contributed by atoms with Gasteiger partial charge in [-0.25, -0.2) is 12.8 Å². The van der Waals surface area contributed by atoms with Crippen molar-refractivity contribution in [1.29, 1.82) is 0 Å². The van der Waals surface area contributed by atoms with E-state index in [1.54, 1.807) is 12.1 Å². The van der Waals surface area contributed by atoms with Gasteiger partial charge in [0.15, 0.2) is 0 Å². The molecule has 0 saturated heterocycles. The van der Waals surface area contributed by atoms with Crippen LogP contribution in [0.4, 0.5) is 4.39 Å². The van der Waals surface area contributed by atoms with Gasteiger partial charge in [-0.3, -0.25) is 4.79 Å². The van der Waals surface area contributed by atoms with E-state index in [9.17, 15) is 17.6 Å². The van der Waals surface area contributed by atoms with Crippen molar-refractivity contribution in [3.05, 3.63) is 99.8 Å². The summed E-state index contributed by atoms with van der Waals surface area (Å²) in [5.74, 6) is -0.869. The van der Waals surface area contributed by atoms with Crippen LogP contribution in [0.15, 0.2) is 71.6 Å². The first-order chi connectivity index (χ1) is 14.8. The second kappa shape index (κ2) is 8.78. The number of nitrogens with zero attached hydrogens (tertiary/aromatic N) is 1. The van der Waals surface area contributed by atoms with Crippen LogP contribution in [0.2, 0.25) is 5.02 Å². The van der Waals surface area contributed by atoms with Gasteiger partial charge in [0, 0.05) is 19.6 Å². The lowest BCUT2D eigenvalue weighted by Crippen LogP contribution is -2.36. The van der Waals surface area contributed by atoms with Crippen LogP contribution < -0.4 is 5.32 Å². The lowest BCUT2D eigenvalue weighted by molar-refractivity contribution is 0.0951. The maximum atomic E-state index is 13.2. The van der Waals surface area contributed by atoms with E-state index < -0.39 is 15.9 Å². The molecular weight excluding hydrogens is 439 g/mol. The second-order valence-corrected chi connectivity index (χ2v) is 9.65. The lowest BCUT2D eigenvalue weighted by atomic mass is 10.0. The number of fused-ring (bicyclic) bond motifs is 1. The molecule has 5 nitrogen and oxygen atoms in total. The molecular formula is C23H20ClFN2O3S. The predicted molar refractivity (Wildman–Crippen MR) is 117 cm³/mol. The highest BCUT2D eigenvalue weighted by Crippen LogP contribution is 2.27. The zero-order chi connectivity index (χ0) is 22.0. The van der Waals surface area contributed by atoms with Gasteiger partial charge in [-0.15, -0.1) is 0 Å². The number of nitrogens with one attached hydrogen (secondary N) is 1. The van der Waals surface area contributed by atoms with Crippen molar-refractivity contribution in [1.82, 2.24) is 9.62 Å². The minimum absolute atomic E-state index is 0.0169. The molecule has 0 atom stereocenters. The van der Waals surface area contributed by atoms with Crippen molar-refractivity contribution < 1.29 is 17.6 Å². The summed E-state index contributed by atoms with van der Waals surface area (Å²) in [6.07, 6.45) is 0.633. The Morgan fingerprint density at radius 2 is 1.74 bits per heavy atom. The Labute approximate surface area is 185 Å². The number of benzene rings is 3. The molecule has 1 heterocycles. The molecule has 1 amide bonds. The van der Waals surface area contributed by atoms with E-state index in [-0.39, 0.29) is 34.4 Å². The molecule has 1 N–H and O–H groups in total. The van der Waals surface area contributed by atoms with E-state index >= 15 is 0 Å². The molecule has 0 saturated carbocycles. The standard InChI is InChI=1S/C23H20ClFN2O3S/c24-22-10-9-20(13-21(22)23(28)26-14-16-5-7-19(25)8-6-16)31(29,30)27-12-11-17-3-1-2-4-18(17)15-27/h1-10,13H,11-12,14-15H2,(H,26,28). The molecule has 0 fully saturated rings. The number of carbonyl (C=O) groups excluding carboxylic acids is 1. The van der Waals surface area contributed by atoms with Gasteiger partial charge in [0.2, 0.25) is 10.0 Å². The van der Waals surface area contributed by atoms with Crippen LogP contribution >= 0.6 is 11.6 Å². The summed E-state index contributed by atoms with van der Waals surface area (Å²) < 4.78 is 40.9. The van der Waals surface area contributed by atoms with Gasteiger partial charge >= 0.3 is 0 Å². The average Bonchev–Trinajstić information content (AvgIpc) is 2.78. The topological polar surface area (TPSA) is 66.5 Å². The van der Waals surface area contributed by atoms with E-state index in [1.807, 2.05) is 24.3 Å². The molecule has 160 valence electrons.